The van der Waals surface area contributed by atoms with E-state index in [4.69, 9.17) is 4.74 Å². The lowest BCUT2D eigenvalue weighted by molar-refractivity contribution is -0.123. The zero-order chi connectivity index (χ0) is 15.2. The number of pyridine rings is 1. The quantitative estimate of drug-likeness (QED) is 0.903. The maximum atomic E-state index is 11.8. The molecule has 0 saturated carbocycles. The molecule has 0 saturated heterocycles. The van der Waals surface area contributed by atoms with Crippen LogP contribution in [-0.2, 0) is 18.4 Å². The molecule has 110 valence electrons. The number of benzene rings is 1. The summed E-state index contributed by atoms with van der Waals surface area (Å²) in [6, 6.07) is 11.0. The van der Waals surface area contributed by atoms with Crippen LogP contribution in [-0.4, -0.2) is 17.1 Å². The summed E-state index contributed by atoms with van der Waals surface area (Å²) in [7, 11) is 1.68. The maximum absolute atomic E-state index is 11.8. The first-order chi connectivity index (χ1) is 10.1. The predicted molar refractivity (Wildman–Crippen MR) is 80.2 cm³/mol. The Kier molecular flexibility index (Phi) is 4.77. The van der Waals surface area contributed by atoms with Crippen molar-refractivity contribution < 1.29 is 9.53 Å². The molecular weight excluding hydrogens is 268 g/mol. The number of nitrogens with one attached hydrogen (secondary N) is 1. The molecule has 21 heavy (non-hydrogen) atoms. The van der Waals surface area contributed by atoms with Crippen molar-refractivity contribution in [3.63, 3.8) is 0 Å². The van der Waals surface area contributed by atoms with E-state index < -0.39 is 0 Å². The SMILES string of the molecule is Cc1ccccc1OCC(=O)NCc1cccn(C)c1=O. The number of rotatable bonds is 5. The van der Waals surface area contributed by atoms with E-state index in [9.17, 15) is 9.59 Å². The molecule has 0 aliphatic carbocycles. The lowest BCUT2D eigenvalue weighted by atomic mass is 10.2. The Morgan fingerprint density at radius 3 is 2.76 bits per heavy atom. The van der Waals surface area contributed by atoms with Gasteiger partial charge < -0.3 is 14.6 Å². The minimum Gasteiger partial charge on any atom is -0.484 e. The number of aryl methyl sites for hydroxylation is 2. The van der Waals surface area contributed by atoms with E-state index in [0.29, 0.717) is 11.3 Å². The van der Waals surface area contributed by atoms with Gasteiger partial charge in [0.1, 0.15) is 5.75 Å². The molecule has 1 heterocycles. The van der Waals surface area contributed by atoms with E-state index in [-0.39, 0.29) is 24.6 Å². The number of hydrogen-bond acceptors (Lipinski definition) is 3. The summed E-state index contributed by atoms with van der Waals surface area (Å²) in [6.07, 6.45) is 1.68. The molecule has 0 unspecified atom stereocenters. The maximum Gasteiger partial charge on any atom is 0.258 e. The fourth-order valence-electron chi connectivity index (χ4n) is 1.89. The van der Waals surface area contributed by atoms with Gasteiger partial charge in [-0.3, -0.25) is 9.59 Å². The summed E-state index contributed by atoms with van der Waals surface area (Å²) in [6.45, 7) is 2.04. The summed E-state index contributed by atoms with van der Waals surface area (Å²) in [5, 5.41) is 2.68. The van der Waals surface area contributed by atoms with Gasteiger partial charge in [-0.15, -0.1) is 0 Å². The van der Waals surface area contributed by atoms with Gasteiger partial charge in [-0.05, 0) is 24.6 Å². The highest BCUT2D eigenvalue weighted by atomic mass is 16.5. The van der Waals surface area contributed by atoms with Crippen molar-refractivity contribution in [2.75, 3.05) is 6.61 Å². The second-order valence-electron chi connectivity index (χ2n) is 4.78. The summed E-state index contributed by atoms with van der Waals surface area (Å²) in [5.74, 6) is 0.424. The van der Waals surface area contributed by atoms with Crippen LogP contribution in [0.2, 0.25) is 0 Å². The first-order valence-electron chi connectivity index (χ1n) is 6.67. The lowest BCUT2D eigenvalue weighted by Crippen LogP contribution is -2.32. The normalized spacial score (nSPS) is 10.2. The molecule has 0 radical (unpaired) electrons. The molecule has 1 N–H and O–H groups in total. The number of ether oxygens (including phenoxy) is 1. The van der Waals surface area contributed by atoms with Crippen molar-refractivity contribution in [3.8, 4) is 5.75 Å². The number of carbonyl (C=O) groups excluding carboxylic acids is 1. The molecule has 2 aromatic rings. The number of hydrogen-bond donors (Lipinski definition) is 1. The molecule has 5 nitrogen and oxygen atoms in total. The second kappa shape index (κ2) is 6.74. The molecule has 0 spiro atoms. The van der Waals surface area contributed by atoms with Crippen molar-refractivity contribution in [3.05, 3.63) is 64.1 Å². The molecule has 0 atom stereocenters. The Morgan fingerprint density at radius 1 is 1.24 bits per heavy atom. The molecule has 2 rings (SSSR count). The first kappa shape index (κ1) is 14.8. The third kappa shape index (κ3) is 3.95. The third-order valence-electron chi connectivity index (χ3n) is 3.13. The van der Waals surface area contributed by atoms with Crippen molar-refractivity contribution in [2.45, 2.75) is 13.5 Å². The van der Waals surface area contributed by atoms with Gasteiger partial charge in [0.05, 0.1) is 0 Å². The van der Waals surface area contributed by atoms with Gasteiger partial charge >= 0.3 is 0 Å². The Bertz CT molecular complexity index is 692. The van der Waals surface area contributed by atoms with Crippen LogP contribution in [0.5, 0.6) is 5.75 Å². The minimum atomic E-state index is -0.260. The second-order valence-corrected chi connectivity index (χ2v) is 4.78. The molecule has 0 aliphatic heterocycles. The molecule has 1 aromatic carbocycles. The summed E-state index contributed by atoms with van der Waals surface area (Å²) >= 11 is 0. The van der Waals surface area contributed by atoms with Crippen LogP contribution >= 0.6 is 0 Å². The van der Waals surface area contributed by atoms with Gasteiger partial charge in [-0.1, -0.05) is 24.3 Å². The molecular formula is C16H18N2O3. The summed E-state index contributed by atoms with van der Waals surface area (Å²) < 4.78 is 6.92. The fourth-order valence-corrected chi connectivity index (χ4v) is 1.89. The number of aromatic nitrogens is 1. The summed E-state index contributed by atoms with van der Waals surface area (Å²) in [4.78, 5) is 23.5. The summed E-state index contributed by atoms with van der Waals surface area (Å²) in [5.41, 5.74) is 1.41. The zero-order valence-corrected chi connectivity index (χ0v) is 12.1. The Hall–Kier alpha value is -2.56. The lowest BCUT2D eigenvalue weighted by Gasteiger charge is -2.09. The molecule has 1 amide bonds. The third-order valence-corrected chi connectivity index (χ3v) is 3.13. The van der Waals surface area contributed by atoms with Gasteiger partial charge in [0.2, 0.25) is 0 Å². The van der Waals surface area contributed by atoms with Crippen molar-refractivity contribution in [2.24, 2.45) is 7.05 Å². The largest absolute Gasteiger partial charge is 0.484 e. The highest BCUT2D eigenvalue weighted by molar-refractivity contribution is 5.77. The van der Waals surface area contributed by atoms with Gasteiger partial charge in [0.15, 0.2) is 6.61 Å². The smallest absolute Gasteiger partial charge is 0.258 e. The zero-order valence-electron chi connectivity index (χ0n) is 12.1. The number of para-hydroxylation sites is 1. The van der Waals surface area contributed by atoms with Gasteiger partial charge in [0, 0.05) is 25.4 Å². The monoisotopic (exact) mass is 286 g/mol. The van der Waals surface area contributed by atoms with Crippen LogP contribution in [0.25, 0.3) is 0 Å². The standard InChI is InChI=1S/C16H18N2O3/c1-12-6-3-4-8-14(12)21-11-15(19)17-10-13-7-5-9-18(2)16(13)20/h3-9H,10-11H2,1-2H3,(H,17,19). The Balaban J connectivity index is 1.87. The van der Waals surface area contributed by atoms with Gasteiger partial charge in [-0.25, -0.2) is 0 Å². The molecule has 0 aliphatic rings. The van der Waals surface area contributed by atoms with Crippen molar-refractivity contribution in [1.82, 2.24) is 9.88 Å². The van der Waals surface area contributed by atoms with E-state index in [1.807, 2.05) is 31.2 Å². The van der Waals surface area contributed by atoms with Crippen LogP contribution in [0.4, 0.5) is 0 Å². The van der Waals surface area contributed by atoms with E-state index in [1.54, 1.807) is 25.4 Å². The van der Waals surface area contributed by atoms with E-state index in [0.717, 1.165) is 5.56 Å². The molecule has 0 fully saturated rings. The van der Waals surface area contributed by atoms with Crippen LogP contribution in [0, 0.1) is 6.92 Å². The highest BCUT2D eigenvalue weighted by Gasteiger charge is 2.06. The van der Waals surface area contributed by atoms with Crippen molar-refractivity contribution in [1.29, 1.82) is 0 Å². The number of carbonyl (C=O) groups is 1. The van der Waals surface area contributed by atoms with E-state index in [1.165, 1.54) is 4.57 Å². The van der Waals surface area contributed by atoms with Gasteiger partial charge in [-0.2, -0.15) is 0 Å². The number of amides is 1. The Morgan fingerprint density at radius 2 is 2.00 bits per heavy atom. The Labute approximate surface area is 123 Å². The highest BCUT2D eigenvalue weighted by Crippen LogP contribution is 2.15. The van der Waals surface area contributed by atoms with Crippen LogP contribution in [0.1, 0.15) is 11.1 Å². The average Bonchev–Trinajstić information content (AvgIpc) is 2.48. The predicted octanol–water partition coefficient (Wildman–Crippen LogP) is 1.39. The van der Waals surface area contributed by atoms with Crippen LogP contribution in [0.15, 0.2) is 47.4 Å². The topological polar surface area (TPSA) is 60.3 Å². The number of nitrogens with zero attached hydrogens (tertiary/aromatic N) is 1. The molecule has 0 bridgehead atoms. The van der Waals surface area contributed by atoms with Gasteiger partial charge in [0.25, 0.3) is 11.5 Å². The average molecular weight is 286 g/mol. The van der Waals surface area contributed by atoms with Crippen molar-refractivity contribution >= 4 is 5.91 Å². The fraction of sp³-hybridized carbons (Fsp3) is 0.250. The minimum absolute atomic E-state index is 0.0714. The molecule has 5 heteroatoms. The van der Waals surface area contributed by atoms with Crippen LogP contribution < -0.4 is 15.6 Å². The van der Waals surface area contributed by atoms with Crippen LogP contribution in [0.3, 0.4) is 0 Å². The first-order valence-corrected chi connectivity index (χ1v) is 6.67. The molecule has 1 aromatic heterocycles. The van der Waals surface area contributed by atoms with E-state index >= 15 is 0 Å². The van der Waals surface area contributed by atoms with E-state index in [2.05, 4.69) is 5.32 Å².